The Morgan fingerprint density at radius 3 is 2.75 bits per heavy atom. The van der Waals surface area contributed by atoms with E-state index in [4.69, 9.17) is 5.73 Å². The van der Waals surface area contributed by atoms with Crippen LogP contribution in [0.25, 0.3) is 11.3 Å². The summed E-state index contributed by atoms with van der Waals surface area (Å²) < 4.78 is 0. The minimum absolute atomic E-state index is 0.0241. The maximum absolute atomic E-state index is 11.7. The van der Waals surface area contributed by atoms with Crippen molar-refractivity contribution in [2.24, 2.45) is 5.73 Å². The lowest BCUT2D eigenvalue weighted by Gasteiger charge is -2.01. The molecule has 0 bridgehead atoms. The Bertz CT molecular complexity index is 539. The first-order valence-corrected chi connectivity index (χ1v) is 7.68. The first-order chi connectivity index (χ1) is 9.79. The first-order valence-electron chi connectivity index (χ1n) is 6.80. The van der Waals surface area contributed by atoms with E-state index in [-0.39, 0.29) is 5.91 Å². The van der Waals surface area contributed by atoms with Crippen molar-refractivity contribution in [3.63, 3.8) is 0 Å². The number of rotatable bonds is 7. The molecule has 0 atom stereocenters. The number of carbonyl (C=O) groups is 1. The molecule has 0 aliphatic heterocycles. The SMILES string of the molecule is NCCCCCC(=O)Nc1nc(-c2ccccc2)cs1. The average molecular weight is 289 g/mol. The van der Waals surface area contributed by atoms with Gasteiger partial charge in [0.25, 0.3) is 0 Å². The summed E-state index contributed by atoms with van der Waals surface area (Å²) >= 11 is 1.45. The predicted octanol–water partition coefficient (Wildman–Crippen LogP) is 3.27. The second kappa shape index (κ2) is 7.77. The molecule has 3 N–H and O–H groups in total. The van der Waals surface area contributed by atoms with Gasteiger partial charge in [-0.2, -0.15) is 0 Å². The fourth-order valence-electron chi connectivity index (χ4n) is 1.86. The summed E-state index contributed by atoms with van der Waals surface area (Å²) in [5.74, 6) is 0.0241. The second-order valence-electron chi connectivity index (χ2n) is 4.55. The van der Waals surface area contributed by atoms with Gasteiger partial charge in [0.05, 0.1) is 5.69 Å². The molecule has 1 aromatic heterocycles. The standard InChI is InChI=1S/C15H19N3OS/c16-10-6-2-5-9-14(19)18-15-17-13(11-20-15)12-7-3-1-4-8-12/h1,3-4,7-8,11H,2,5-6,9-10,16H2,(H,17,18,19). The van der Waals surface area contributed by atoms with Crippen LogP contribution < -0.4 is 11.1 Å². The van der Waals surface area contributed by atoms with E-state index in [9.17, 15) is 4.79 Å². The van der Waals surface area contributed by atoms with Gasteiger partial charge in [0.2, 0.25) is 5.91 Å². The van der Waals surface area contributed by atoms with Crippen molar-refractivity contribution in [2.45, 2.75) is 25.7 Å². The molecule has 20 heavy (non-hydrogen) atoms. The van der Waals surface area contributed by atoms with E-state index in [1.54, 1.807) is 0 Å². The molecular weight excluding hydrogens is 270 g/mol. The monoisotopic (exact) mass is 289 g/mol. The number of nitrogens with zero attached hydrogens (tertiary/aromatic N) is 1. The molecule has 2 rings (SSSR count). The summed E-state index contributed by atoms with van der Waals surface area (Å²) in [6.45, 7) is 0.689. The van der Waals surface area contributed by atoms with Gasteiger partial charge >= 0.3 is 0 Å². The summed E-state index contributed by atoms with van der Waals surface area (Å²) in [6.07, 6.45) is 3.37. The second-order valence-corrected chi connectivity index (χ2v) is 5.41. The smallest absolute Gasteiger partial charge is 0.226 e. The van der Waals surface area contributed by atoms with Crippen LogP contribution in [-0.2, 0) is 4.79 Å². The van der Waals surface area contributed by atoms with Crippen molar-refractivity contribution in [2.75, 3.05) is 11.9 Å². The number of hydrogen-bond donors (Lipinski definition) is 2. The zero-order valence-corrected chi connectivity index (χ0v) is 12.2. The lowest BCUT2D eigenvalue weighted by molar-refractivity contribution is -0.116. The summed E-state index contributed by atoms with van der Waals surface area (Å²) in [4.78, 5) is 16.2. The van der Waals surface area contributed by atoms with Gasteiger partial charge in [-0.05, 0) is 19.4 Å². The van der Waals surface area contributed by atoms with Gasteiger partial charge in [-0.25, -0.2) is 4.98 Å². The van der Waals surface area contributed by atoms with Gasteiger partial charge in [0.1, 0.15) is 0 Å². The Labute approximate surface area is 123 Å². The Hall–Kier alpha value is -1.72. The Morgan fingerprint density at radius 2 is 2.00 bits per heavy atom. The molecular formula is C15H19N3OS. The highest BCUT2D eigenvalue weighted by atomic mass is 32.1. The Kier molecular flexibility index (Phi) is 5.70. The van der Waals surface area contributed by atoms with Crippen LogP contribution in [0.4, 0.5) is 5.13 Å². The molecule has 1 aromatic carbocycles. The van der Waals surface area contributed by atoms with Gasteiger partial charge in [0, 0.05) is 17.4 Å². The molecule has 0 fully saturated rings. The molecule has 0 unspecified atom stereocenters. The van der Waals surface area contributed by atoms with Gasteiger partial charge in [-0.1, -0.05) is 36.8 Å². The van der Waals surface area contributed by atoms with Crippen LogP contribution in [0.5, 0.6) is 0 Å². The van der Waals surface area contributed by atoms with Crippen molar-refractivity contribution in [3.05, 3.63) is 35.7 Å². The Balaban J connectivity index is 1.85. The fourth-order valence-corrected chi connectivity index (χ4v) is 2.60. The molecule has 1 amide bonds. The highest BCUT2D eigenvalue weighted by Crippen LogP contribution is 2.24. The predicted molar refractivity (Wildman–Crippen MR) is 83.7 cm³/mol. The normalized spacial score (nSPS) is 10.4. The molecule has 0 radical (unpaired) electrons. The minimum atomic E-state index is 0.0241. The average Bonchev–Trinajstić information content (AvgIpc) is 2.93. The van der Waals surface area contributed by atoms with E-state index >= 15 is 0 Å². The van der Waals surface area contributed by atoms with Crippen LogP contribution in [0, 0.1) is 0 Å². The Morgan fingerprint density at radius 1 is 1.20 bits per heavy atom. The number of nitrogens with two attached hydrogens (primary N) is 1. The lowest BCUT2D eigenvalue weighted by Crippen LogP contribution is -2.11. The maximum atomic E-state index is 11.7. The molecule has 0 aliphatic rings. The molecule has 2 aromatic rings. The molecule has 0 saturated heterocycles. The zero-order valence-electron chi connectivity index (χ0n) is 11.3. The van der Waals surface area contributed by atoms with Crippen LogP contribution in [0.2, 0.25) is 0 Å². The van der Waals surface area contributed by atoms with Gasteiger partial charge < -0.3 is 11.1 Å². The topological polar surface area (TPSA) is 68.0 Å². The maximum Gasteiger partial charge on any atom is 0.226 e. The van der Waals surface area contributed by atoms with Gasteiger partial charge in [-0.3, -0.25) is 4.79 Å². The number of aromatic nitrogens is 1. The van der Waals surface area contributed by atoms with E-state index in [1.165, 1.54) is 11.3 Å². The molecule has 1 heterocycles. The third kappa shape index (κ3) is 4.43. The number of amides is 1. The summed E-state index contributed by atoms with van der Waals surface area (Å²) in [7, 11) is 0. The van der Waals surface area contributed by atoms with Crippen molar-refractivity contribution in [3.8, 4) is 11.3 Å². The van der Waals surface area contributed by atoms with E-state index in [0.29, 0.717) is 18.1 Å². The molecule has 106 valence electrons. The number of anilines is 1. The van der Waals surface area contributed by atoms with Gasteiger partial charge in [-0.15, -0.1) is 11.3 Å². The van der Waals surface area contributed by atoms with Crippen LogP contribution in [0.15, 0.2) is 35.7 Å². The fraction of sp³-hybridized carbons (Fsp3) is 0.333. The van der Waals surface area contributed by atoms with Crippen molar-refractivity contribution < 1.29 is 4.79 Å². The molecule has 0 saturated carbocycles. The largest absolute Gasteiger partial charge is 0.330 e. The van der Waals surface area contributed by atoms with Crippen LogP contribution in [-0.4, -0.2) is 17.4 Å². The molecule has 0 aliphatic carbocycles. The van der Waals surface area contributed by atoms with Crippen LogP contribution >= 0.6 is 11.3 Å². The van der Waals surface area contributed by atoms with Crippen molar-refractivity contribution >= 4 is 22.4 Å². The number of nitrogens with one attached hydrogen (secondary N) is 1. The van der Waals surface area contributed by atoms with Gasteiger partial charge in [0.15, 0.2) is 5.13 Å². The number of unbranched alkanes of at least 4 members (excludes halogenated alkanes) is 2. The van der Waals surface area contributed by atoms with Crippen LogP contribution in [0.3, 0.4) is 0 Å². The van der Waals surface area contributed by atoms with Crippen molar-refractivity contribution in [1.82, 2.24) is 4.98 Å². The number of hydrogen-bond acceptors (Lipinski definition) is 4. The number of carbonyl (C=O) groups excluding carboxylic acids is 1. The minimum Gasteiger partial charge on any atom is -0.330 e. The highest BCUT2D eigenvalue weighted by Gasteiger charge is 2.07. The number of benzene rings is 1. The third-order valence-corrected chi connectivity index (χ3v) is 3.69. The van der Waals surface area contributed by atoms with Crippen LogP contribution in [0.1, 0.15) is 25.7 Å². The number of thiazole rings is 1. The lowest BCUT2D eigenvalue weighted by atomic mass is 10.2. The molecule has 5 heteroatoms. The zero-order chi connectivity index (χ0) is 14.2. The highest BCUT2D eigenvalue weighted by molar-refractivity contribution is 7.14. The molecule has 4 nitrogen and oxygen atoms in total. The quantitative estimate of drug-likeness (QED) is 0.769. The summed E-state index contributed by atoms with van der Waals surface area (Å²) in [5, 5.41) is 5.46. The third-order valence-electron chi connectivity index (χ3n) is 2.93. The van der Waals surface area contributed by atoms with E-state index in [1.807, 2.05) is 35.7 Å². The first kappa shape index (κ1) is 14.7. The van der Waals surface area contributed by atoms with E-state index in [2.05, 4.69) is 10.3 Å². The van der Waals surface area contributed by atoms with E-state index < -0.39 is 0 Å². The van der Waals surface area contributed by atoms with E-state index in [0.717, 1.165) is 30.5 Å². The molecule has 0 spiro atoms. The summed E-state index contributed by atoms with van der Waals surface area (Å²) in [6, 6.07) is 9.94. The van der Waals surface area contributed by atoms with Crippen molar-refractivity contribution in [1.29, 1.82) is 0 Å². The summed E-state index contributed by atoms with van der Waals surface area (Å²) in [5.41, 5.74) is 7.38.